The summed E-state index contributed by atoms with van der Waals surface area (Å²) in [7, 11) is 0. The number of rotatable bonds is 5. The van der Waals surface area contributed by atoms with Crippen LogP contribution in [0, 0.1) is 6.92 Å². The smallest absolute Gasteiger partial charge is 0.00323 e. The van der Waals surface area contributed by atoms with Crippen LogP contribution in [0.15, 0.2) is 120 Å². The number of fused-ring (bicyclic) bond motifs is 1. The third kappa shape index (κ3) is 5.55. The fourth-order valence-electron chi connectivity index (χ4n) is 6.18. The first kappa shape index (κ1) is 29.1. The first-order chi connectivity index (χ1) is 20.2. The molecule has 1 aliphatic carbocycles. The summed E-state index contributed by atoms with van der Waals surface area (Å²) in [6, 6.07) is 30.9. The second-order valence-electron chi connectivity index (χ2n) is 11.8. The third-order valence-corrected chi connectivity index (χ3v) is 8.90. The number of hydrogen-bond acceptors (Lipinski definition) is 0. The zero-order chi connectivity index (χ0) is 30.0. The Morgan fingerprint density at radius 2 is 1.29 bits per heavy atom. The molecule has 0 bridgehead atoms. The van der Waals surface area contributed by atoms with E-state index in [-0.39, 0.29) is 5.92 Å². The second kappa shape index (κ2) is 12.2. The molecule has 4 aromatic carbocycles. The van der Waals surface area contributed by atoms with Gasteiger partial charge in [-0.05, 0) is 120 Å². The Kier molecular flexibility index (Phi) is 8.46. The second-order valence-corrected chi connectivity index (χ2v) is 11.8. The number of benzene rings is 4. The predicted octanol–water partition coefficient (Wildman–Crippen LogP) is 12.3. The molecule has 42 heavy (non-hydrogen) atoms. The van der Waals surface area contributed by atoms with Crippen molar-refractivity contribution >= 4 is 23.3 Å². The fraction of sp³-hybridized carbons (Fsp3) is 0.190. The lowest BCUT2D eigenvalue weighted by atomic mass is 9.81. The van der Waals surface area contributed by atoms with E-state index in [0.29, 0.717) is 0 Å². The van der Waals surface area contributed by atoms with Crippen LogP contribution in [0.4, 0.5) is 0 Å². The van der Waals surface area contributed by atoms with Crippen LogP contribution in [0.5, 0.6) is 0 Å². The van der Waals surface area contributed by atoms with E-state index in [1.807, 2.05) is 6.08 Å². The van der Waals surface area contributed by atoms with Crippen molar-refractivity contribution < 1.29 is 0 Å². The first-order valence-corrected chi connectivity index (χ1v) is 15.0. The van der Waals surface area contributed by atoms with E-state index in [1.54, 1.807) is 0 Å². The molecule has 4 aromatic rings. The monoisotopic (exact) mass is 546 g/mol. The fourth-order valence-corrected chi connectivity index (χ4v) is 6.18. The average Bonchev–Trinajstić information content (AvgIpc) is 3.04. The third-order valence-electron chi connectivity index (χ3n) is 8.90. The van der Waals surface area contributed by atoms with Crippen molar-refractivity contribution in [2.45, 2.75) is 54.4 Å². The summed E-state index contributed by atoms with van der Waals surface area (Å²) < 4.78 is 0. The topological polar surface area (TPSA) is 0 Å². The van der Waals surface area contributed by atoms with Gasteiger partial charge in [0.05, 0.1) is 0 Å². The lowest BCUT2D eigenvalue weighted by molar-refractivity contribution is 0.893. The molecular weight excluding hydrogens is 504 g/mol. The van der Waals surface area contributed by atoms with Gasteiger partial charge >= 0.3 is 0 Å². The molecule has 1 unspecified atom stereocenters. The zero-order valence-electron chi connectivity index (χ0n) is 26.2. The molecule has 0 aliphatic heterocycles. The maximum atomic E-state index is 4.30. The highest BCUT2D eigenvalue weighted by atomic mass is 14.3. The predicted molar refractivity (Wildman–Crippen MR) is 186 cm³/mol. The molecule has 1 aliphatic rings. The van der Waals surface area contributed by atoms with Crippen LogP contribution in [0.1, 0.15) is 80.8 Å². The van der Waals surface area contributed by atoms with Crippen molar-refractivity contribution in [2.24, 2.45) is 0 Å². The van der Waals surface area contributed by atoms with Crippen LogP contribution in [-0.2, 0) is 0 Å². The quantitative estimate of drug-likeness (QED) is 0.233. The van der Waals surface area contributed by atoms with E-state index in [0.717, 1.165) is 0 Å². The zero-order valence-corrected chi connectivity index (χ0v) is 26.2. The Morgan fingerprint density at radius 3 is 1.95 bits per heavy atom. The van der Waals surface area contributed by atoms with E-state index in [1.165, 1.54) is 83.5 Å². The van der Waals surface area contributed by atoms with Crippen LogP contribution in [-0.4, -0.2) is 0 Å². The van der Waals surface area contributed by atoms with Crippen molar-refractivity contribution in [3.8, 4) is 22.3 Å². The van der Waals surface area contributed by atoms with Crippen LogP contribution in [0.2, 0.25) is 0 Å². The van der Waals surface area contributed by atoms with Gasteiger partial charge in [-0.15, -0.1) is 0 Å². The van der Waals surface area contributed by atoms with Crippen molar-refractivity contribution in [3.63, 3.8) is 0 Å². The normalized spacial score (nSPS) is 19.3. The van der Waals surface area contributed by atoms with Crippen molar-refractivity contribution in [1.29, 1.82) is 0 Å². The van der Waals surface area contributed by atoms with Crippen LogP contribution < -0.4 is 0 Å². The molecule has 0 N–H and O–H groups in total. The molecule has 210 valence electrons. The van der Waals surface area contributed by atoms with E-state index >= 15 is 0 Å². The average molecular weight is 547 g/mol. The SMILES string of the molecule is C=Cc1c(C)c(C2=C(/C)C(C)c3ccccc3/C(C)=C(C)/C=C\2)cc(-c2ccc(-c3ccccc3)cc2)c1C=C(C)C. The summed E-state index contributed by atoms with van der Waals surface area (Å²) in [5.41, 5.74) is 19.1. The van der Waals surface area contributed by atoms with E-state index in [2.05, 4.69) is 158 Å². The molecule has 0 fully saturated rings. The lowest BCUT2D eigenvalue weighted by Gasteiger charge is -2.23. The van der Waals surface area contributed by atoms with E-state index in [9.17, 15) is 0 Å². The Hall–Kier alpha value is -4.42. The molecule has 0 nitrogen and oxygen atoms in total. The van der Waals surface area contributed by atoms with Crippen molar-refractivity contribution in [1.82, 2.24) is 0 Å². The standard InChI is InChI=1S/C42H42/c1-9-36-32(8)40(39-24-19-28(4)29(5)37-17-13-14-18-38(37)30(6)31(39)7)26-41(42(36)25-27(2)3)35-22-20-34(21-23-35)33-15-11-10-12-16-33/h9-26,30H,1H2,2-8H3/b24-19-,29-28+,39-31-. The van der Waals surface area contributed by atoms with Gasteiger partial charge < -0.3 is 0 Å². The summed E-state index contributed by atoms with van der Waals surface area (Å²) in [5, 5.41) is 0. The van der Waals surface area contributed by atoms with Crippen molar-refractivity contribution in [3.05, 3.63) is 154 Å². The summed E-state index contributed by atoms with van der Waals surface area (Å²) in [6.07, 6.45) is 8.99. The van der Waals surface area contributed by atoms with Gasteiger partial charge in [-0.25, -0.2) is 0 Å². The largest absolute Gasteiger partial charge is 0.0984 e. The number of hydrogen-bond donors (Lipinski definition) is 0. The lowest BCUT2D eigenvalue weighted by Crippen LogP contribution is -2.04. The van der Waals surface area contributed by atoms with E-state index in [4.69, 9.17) is 0 Å². The van der Waals surface area contributed by atoms with Crippen LogP contribution in [0.3, 0.4) is 0 Å². The van der Waals surface area contributed by atoms with Crippen molar-refractivity contribution in [2.75, 3.05) is 0 Å². The van der Waals surface area contributed by atoms with Crippen LogP contribution in [0.25, 0.3) is 45.6 Å². The Labute approximate surface area is 253 Å². The molecule has 0 saturated heterocycles. The van der Waals surface area contributed by atoms with Gasteiger partial charge in [0.15, 0.2) is 0 Å². The molecule has 0 heterocycles. The minimum atomic E-state index is 0.277. The Balaban J connectivity index is 1.77. The first-order valence-electron chi connectivity index (χ1n) is 15.0. The highest BCUT2D eigenvalue weighted by Gasteiger charge is 2.21. The minimum absolute atomic E-state index is 0.277. The molecule has 0 spiro atoms. The maximum absolute atomic E-state index is 4.30. The summed E-state index contributed by atoms with van der Waals surface area (Å²) in [6.45, 7) is 20.0. The van der Waals surface area contributed by atoms with E-state index < -0.39 is 0 Å². The van der Waals surface area contributed by atoms with Gasteiger partial charge in [-0.3, -0.25) is 0 Å². The van der Waals surface area contributed by atoms with Gasteiger partial charge in [0.1, 0.15) is 0 Å². The maximum Gasteiger partial charge on any atom is 0.00323 e. The molecule has 0 radical (unpaired) electrons. The highest BCUT2D eigenvalue weighted by molar-refractivity contribution is 5.91. The summed E-state index contributed by atoms with van der Waals surface area (Å²) in [5.74, 6) is 0.277. The van der Waals surface area contributed by atoms with Crippen LogP contribution >= 0.6 is 0 Å². The summed E-state index contributed by atoms with van der Waals surface area (Å²) in [4.78, 5) is 0. The van der Waals surface area contributed by atoms with Gasteiger partial charge in [-0.2, -0.15) is 0 Å². The molecule has 0 saturated carbocycles. The van der Waals surface area contributed by atoms with Gasteiger partial charge in [0.2, 0.25) is 0 Å². The van der Waals surface area contributed by atoms with Gasteiger partial charge in [-0.1, -0.05) is 128 Å². The van der Waals surface area contributed by atoms with Gasteiger partial charge in [0.25, 0.3) is 0 Å². The Morgan fingerprint density at radius 1 is 0.667 bits per heavy atom. The summed E-state index contributed by atoms with van der Waals surface area (Å²) >= 11 is 0. The molecule has 0 heteroatoms. The molecule has 0 aromatic heterocycles. The molecular formula is C42H42. The molecule has 5 rings (SSSR count). The molecule has 0 amide bonds. The number of allylic oxidation sites excluding steroid dienone is 7. The minimum Gasteiger partial charge on any atom is -0.0984 e. The van der Waals surface area contributed by atoms with Gasteiger partial charge in [0, 0.05) is 5.92 Å². The molecule has 1 atom stereocenters. The Bertz CT molecular complexity index is 1760. The highest BCUT2D eigenvalue weighted by Crippen LogP contribution is 2.42.